The summed E-state index contributed by atoms with van der Waals surface area (Å²) in [7, 11) is -7.47. The van der Waals surface area contributed by atoms with E-state index >= 15 is 0 Å². The predicted octanol–water partition coefficient (Wildman–Crippen LogP) is 1.83. The molecule has 0 bridgehead atoms. The molecular formula is C23H31N3O6S3. The van der Waals surface area contributed by atoms with Gasteiger partial charge in [-0.1, -0.05) is 24.3 Å². The molecule has 35 heavy (non-hydrogen) atoms. The smallest absolute Gasteiger partial charge is 0.243 e. The molecule has 0 radical (unpaired) electrons. The third-order valence-corrected chi connectivity index (χ3v) is 9.57. The average Bonchev–Trinajstić information content (AvgIpc) is 2.83. The molecule has 0 aliphatic carbocycles. The van der Waals surface area contributed by atoms with E-state index in [-0.39, 0.29) is 23.7 Å². The van der Waals surface area contributed by atoms with E-state index in [1.54, 1.807) is 11.8 Å². The predicted molar refractivity (Wildman–Crippen MR) is 139 cm³/mol. The quantitative estimate of drug-likeness (QED) is 0.432. The molecule has 1 aliphatic heterocycles. The fourth-order valence-electron chi connectivity index (χ4n) is 3.52. The van der Waals surface area contributed by atoms with Crippen molar-refractivity contribution in [3.8, 4) is 0 Å². The van der Waals surface area contributed by atoms with E-state index in [0.29, 0.717) is 25.5 Å². The van der Waals surface area contributed by atoms with Gasteiger partial charge in [0, 0.05) is 31.1 Å². The molecule has 0 unspecified atom stereocenters. The van der Waals surface area contributed by atoms with Crippen LogP contribution in [0.25, 0.3) is 0 Å². The van der Waals surface area contributed by atoms with Gasteiger partial charge >= 0.3 is 0 Å². The van der Waals surface area contributed by atoms with E-state index in [1.807, 2.05) is 12.1 Å². The highest BCUT2D eigenvalue weighted by Crippen LogP contribution is 2.23. The standard InChI is InChI=1S/C23H31N3O6S3/c1-19-5-3-4-6-20(19)18-33-16-11-24-23(27)17-26(34(2,28)29)21-7-9-22(10-8-21)35(30,31)25-12-14-32-15-13-25/h3-10H,11-18H2,1-2H3,(H,24,27). The molecule has 0 aromatic heterocycles. The lowest BCUT2D eigenvalue weighted by Gasteiger charge is -2.26. The second-order valence-corrected chi connectivity index (χ2v) is 13.1. The third-order valence-electron chi connectivity index (χ3n) is 5.51. The lowest BCUT2D eigenvalue weighted by atomic mass is 10.1. The number of sulfonamides is 2. The van der Waals surface area contributed by atoms with Gasteiger partial charge in [0.1, 0.15) is 6.54 Å². The molecular weight excluding hydrogens is 510 g/mol. The molecule has 0 atom stereocenters. The molecule has 1 fully saturated rings. The number of thioether (sulfide) groups is 1. The summed E-state index contributed by atoms with van der Waals surface area (Å²) in [5, 5.41) is 2.75. The second kappa shape index (κ2) is 12.2. The summed E-state index contributed by atoms with van der Waals surface area (Å²) in [4.78, 5) is 12.5. The van der Waals surface area contributed by atoms with E-state index in [0.717, 1.165) is 16.3 Å². The molecule has 3 rings (SSSR count). The Labute approximate surface area is 211 Å². The molecule has 0 saturated carbocycles. The topological polar surface area (TPSA) is 113 Å². The number of nitrogens with one attached hydrogen (secondary N) is 1. The monoisotopic (exact) mass is 541 g/mol. The summed E-state index contributed by atoms with van der Waals surface area (Å²) in [6, 6.07) is 13.6. The minimum atomic E-state index is -3.77. The number of morpholine rings is 1. The molecule has 1 saturated heterocycles. The van der Waals surface area contributed by atoms with Crippen molar-refractivity contribution in [2.75, 3.05) is 55.7 Å². The van der Waals surface area contributed by atoms with E-state index in [2.05, 4.69) is 24.4 Å². The highest BCUT2D eigenvalue weighted by Gasteiger charge is 2.27. The molecule has 1 N–H and O–H groups in total. The highest BCUT2D eigenvalue weighted by atomic mass is 32.2. The Morgan fingerprint density at radius 2 is 1.71 bits per heavy atom. The van der Waals surface area contributed by atoms with Gasteiger partial charge in [-0.2, -0.15) is 16.1 Å². The number of carbonyl (C=O) groups excluding carboxylic acids is 1. The Kier molecular flexibility index (Phi) is 9.59. The number of hydrogen-bond donors (Lipinski definition) is 1. The van der Waals surface area contributed by atoms with Gasteiger partial charge in [-0.25, -0.2) is 16.8 Å². The summed E-state index contributed by atoms with van der Waals surface area (Å²) in [5.41, 5.74) is 2.68. The van der Waals surface area contributed by atoms with Gasteiger partial charge in [-0.15, -0.1) is 0 Å². The summed E-state index contributed by atoms with van der Waals surface area (Å²) >= 11 is 1.68. The van der Waals surface area contributed by atoms with Crippen molar-refractivity contribution >= 4 is 43.4 Å². The lowest BCUT2D eigenvalue weighted by Crippen LogP contribution is -2.41. The van der Waals surface area contributed by atoms with E-state index < -0.39 is 32.5 Å². The van der Waals surface area contributed by atoms with Gasteiger partial charge in [-0.3, -0.25) is 9.10 Å². The zero-order valence-electron chi connectivity index (χ0n) is 19.8. The fourth-order valence-corrected chi connectivity index (χ4v) is 6.72. The SMILES string of the molecule is Cc1ccccc1CSCCNC(=O)CN(c1ccc(S(=O)(=O)N2CCOCC2)cc1)S(C)(=O)=O. The van der Waals surface area contributed by atoms with Crippen LogP contribution in [0.15, 0.2) is 53.4 Å². The zero-order valence-corrected chi connectivity index (χ0v) is 22.3. The summed E-state index contributed by atoms with van der Waals surface area (Å²) < 4.78 is 57.8. The largest absolute Gasteiger partial charge is 0.379 e. The van der Waals surface area contributed by atoms with Crippen molar-refractivity contribution in [3.63, 3.8) is 0 Å². The van der Waals surface area contributed by atoms with Gasteiger partial charge in [-0.05, 0) is 42.3 Å². The van der Waals surface area contributed by atoms with Crippen LogP contribution in [0.2, 0.25) is 0 Å². The van der Waals surface area contributed by atoms with Crippen LogP contribution in [0.1, 0.15) is 11.1 Å². The number of ether oxygens (including phenoxy) is 1. The number of amides is 1. The Morgan fingerprint density at radius 3 is 2.34 bits per heavy atom. The number of nitrogens with zero attached hydrogens (tertiary/aromatic N) is 2. The lowest BCUT2D eigenvalue weighted by molar-refractivity contribution is -0.119. The summed E-state index contributed by atoms with van der Waals surface area (Å²) in [5.74, 6) is 1.09. The molecule has 12 heteroatoms. The summed E-state index contributed by atoms with van der Waals surface area (Å²) in [6.07, 6.45) is 1.01. The number of anilines is 1. The molecule has 9 nitrogen and oxygen atoms in total. The second-order valence-electron chi connectivity index (χ2n) is 8.11. The first-order valence-electron chi connectivity index (χ1n) is 11.1. The Bertz CT molecular complexity index is 1210. The van der Waals surface area contributed by atoms with E-state index in [9.17, 15) is 21.6 Å². The fraction of sp³-hybridized carbons (Fsp3) is 0.435. The van der Waals surface area contributed by atoms with Crippen molar-refractivity contribution in [2.24, 2.45) is 0 Å². The van der Waals surface area contributed by atoms with Crippen LogP contribution in [0.4, 0.5) is 5.69 Å². The Morgan fingerprint density at radius 1 is 1.06 bits per heavy atom. The first-order valence-corrected chi connectivity index (χ1v) is 15.6. The van der Waals surface area contributed by atoms with Crippen molar-refractivity contribution in [3.05, 3.63) is 59.7 Å². The number of aryl methyl sites for hydroxylation is 1. The highest BCUT2D eigenvalue weighted by molar-refractivity contribution is 7.98. The first kappa shape index (κ1) is 27.5. The zero-order chi connectivity index (χ0) is 25.5. The maximum absolute atomic E-state index is 12.8. The molecule has 1 heterocycles. The normalized spacial score (nSPS) is 15.0. The van der Waals surface area contributed by atoms with Crippen LogP contribution >= 0.6 is 11.8 Å². The van der Waals surface area contributed by atoms with Crippen LogP contribution in [0.3, 0.4) is 0 Å². The third kappa shape index (κ3) is 7.68. The Hall–Kier alpha value is -2.12. The average molecular weight is 542 g/mol. The van der Waals surface area contributed by atoms with Crippen LogP contribution in [-0.2, 0) is 35.3 Å². The maximum atomic E-state index is 12.8. The van der Waals surface area contributed by atoms with Gasteiger partial charge in [0.15, 0.2) is 0 Å². The molecule has 1 aliphatic rings. The van der Waals surface area contributed by atoms with Crippen molar-refractivity contribution in [2.45, 2.75) is 17.6 Å². The van der Waals surface area contributed by atoms with Crippen molar-refractivity contribution in [1.82, 2.24) is 9.62 Å². The maximum Gasteiger partial charge on any atom is 0.243 e. The molecule has 2 aromatic carbocycles. The number of benzene rings is 2. The minimum absolute atomic E-state index is 0.0618. The summed E-state index contributed by atoms with van der Waals surface area (Å²) in [6.45, 7) is 3.27. The first-order chi connectivity index (χ1) is 16.6. The van der Waals surface area contributed by atoms with Crippen LogP contribution in [-0.4, -0.2) is 78.4 Å². The van der Waals surface area contributed by atoms with Crippen LogP contribution in [0.5, 0.6) is 0 Å². The molecule has 0 spiro atoms. The molecule has 192 valence electrons. The van der Waals surface area contributed by atoms with Gasteiger partial charge in [0.25, 0.3) is 0 Å². The minimum Gasteiger partial charge on any atom is -0.379 e. The van der Waals surface area contributed by atoms with Crippen LogP contribution in [0, 0.1) is 6.92 Å². The van der Waals surface area contributed by atoms with Crippen molar-refractivity contribution < 1.29 is 26.4 Å². The van der Waals surface area contributed by atoms with Gasteiger partial charge < -0.3 is 10.1 Å². The Balaban J connectivity index is 1.56. The van der Waals surface area contributed by atoms with Crippen LogP contribution < -0.4 is 9.62 Å². The van der Waals surface area contributed by atoms with E-state index in [1.165, 1.54) is 39.7 Å². The van der Waals surface area contributed by atoms with Crippen molar-refractivity contribution in [1.29, 1.82) is 0 Å². The van der Waals surface area contributed by atoms with E-state index in [4.69, 9.17) is 4.74 Å². The van der Waals surface area contributed by atoms with Gasteiger partial charge in [0.2, 0.25) is 26.0 Å². The van der Waals surface area contributed by atoms with Gasteiger partial charge in [0.05, 0.1) is 30.1 Å². The number of rotatable bonds is 11. The molecule has 1 amide bonds. The number of carbonyl (C=O) groups is 1. The number of hydrogen-bond acceptors (Lipinski definition) is 7. The molecule has 2 aromatic rings.